The summed E-state index contributed by atoms with van der Waals surface area (Å²) < 4.78 is 23.6. The van der Waals surface area contributed by atoms with Gasteiger partial charge in [0.2, 0.25) is 12.0 Å². The summed E-state index contributed by atoms with van der Waals surface area (Å²) in [6.07, 6.45) is -0.314. The zero-order valence-electron chi connectivity index (χ0n) is 13.9. The van der Waals surface area contributed by atoms with Crippen molar-refractivity contribution in [2.45, 2.75) is 18.9 Å². The fourth-order valence-corrected chi connectivity index (χ4v) is 2.66. The Labute approximate surface area is 149 Å². The van der Waals surface area contributed by atoms with Crippen LogP contribution >= 0.6 is 0 Å². The third-order valence-electron chi connectivity index (χ3n) is 3.97. The van der Waals surface area contributed by atoms with Gasteiger partial charge < -0.3 is 19.9 Å². The number of carbonyl (C=O) groups excluding carboxylic acids is 1. The van der Waals surface area contributed by atoms with E-state index < -0.39 is 17.9 Å². The first kappa shape index (κ1) is 17.7. The number of hydrogen-bond acceptors (Lipinski definition) is 4. The average Bonchev–Trinajstić information content (AvgIpc) is 3.07. The van der Waals surface area contributed by atoms with E-state index in [1.807, 2.05) is 18.2 Å². The van der Waals surface area contributed by atoms with Gasteiger partial charge >= 0.3 is 5.97 Å². The number of rotatable bonds is 7. The van der Waals surface area contributed by atoms with E-state index in [0.29, 0.717) is 6.61 Å². The second-order valence-electron chi connectivity index (χ2n) is 5.92. The standard InChI is InChI=1S/C19H18FNO5/c20-14-2-4-15(5-3-14)26-17(19(23)24)11-21-18(22)10-12-1-6-16-13(9-12)7-8-25-16/h1-6,9,17H,7-8,10-11H2,(H,21,22)(H,23,24). The maximum absolute atomic E-state index is 12.9. The molecule has 0 saturated carbocycles. The number of ether oxygens (including phenoxy) is 2. The summed E-state index contributed by atoms with van der Waals surface area (Å²) in [7, 11) is 0. The Morgan fingerprint density at radius 3 is 2.73 bits per heavy atom. The Balaban J connectivity index is 1.54. The van der Waals surface area contributed by atoms with Crippen LogP contribution in [0.5, 0.6) is 11.5 Å². The molecule has 1 heterocycles. The number of carboxylic acid groups (broad SMARTS) is 1. The first-order valence-corrected chi connectivity index (χ1v) is 8.17. The second-order valence-corrected chi connectivity index (χ2v) is 5.92. The Kier molecular flexibility index (Phi) is 5.36. The first-order valence-electron chi connectivity index (χ1n) is 8.17. The van der Waals surface area contributed by atoms with Crippen molar-refractivity contribution in [3.8, 4) is 11.5 Å². The summed E-state index contributed by atoms with van der Waals surface area (Å²) in [5, 5.41) is 11.8. The molecule has 1 aliphatic rings. The van der Waals surface area contributed by atoms with Crippen molar-refractivity contribution in [1.29, 1.82) is 0 Å². The Morgan fingerprint density at radius 2 is 2.00 bits per heavy atom. The normalized spacial score (nSPS) is 13.4. The van der Waals surface area contributed by atoms with Crippen molar-refractivity contribution in [3.05, 3.63) is 59.4 Å². The molecular formula is C19H18FNO5. The summed E-state index contributed by atoms with van der Waals surface area (Å²) >= 11 is 0. The molecule has 0 radical (unpaired) electrons. The smallest absolute Gasteiger partial charge is 0.346 e. The molecule has 0 fully saturated rings. The molecule has 1 aliphatic heterocycles. The number of aliphatic carboxylic acids is 1. The lowest BCUT2D eigenvalue weighted by Gasteiger charge is -2.16. The third kappa shape index (κ3) is 4.50. The molecule has 0 saturated heterocycles. The van der Waals surface area contributed by atoms with Gasteiger partial charge in [-0.15, -0.1) is 0 Å². The van der Waals surface area contributed by atoms with Gasteiger partial charge in [-0.2, -0.15) is 0 Å². The molecule has 0 bridgehead atoms. The molecule has 26 heavy (non-hydrogen) atoms. The topological polar surface area (TPSA) is 84.9 Å². The van der Waals surface area contributed by atoms with Crippen LogP contribution < -0.4 is 14.8 Å². The molecule has 2 aromatic carbocycles. The van der Waals surface area contributed by atoms with Crippen LogP contribution in [0.15, 0.2) is 42.5 Å². The van der Waals surface area contributed by atoms with Crippen LogP contribution in [0.3, 0.4) is 0 Å². The fourth-order valence-electron chi connectivity index (χ4n) is 2.66. The van der Waals surface area contributed by atoms with Gasteiger partial charge in [0.25, 0.3) is 0 Å². The highest BCUT2D eigenvalue weighted by molar-refractivity contribution is 5.80. The van der Waals surface area contributed by atoms with Crippen LogP contribution in [-0.2, 0) is 22.4 Å². The molecule has 0 spiro atoms. The molecule has 6 nitrogen and oxygen atoms in total. The van der Waals surface area contributed by atoms with Crippen molar-refractivity contribution in [2.24, 2.45) is 0 Å². The zero-order valence-corrected chi connectivity index (χ0v) is 13.9. The number of fused-ring (bicyclic) bond motifs is 1. The number of carbonyl (C=O) groups is 2. The van der Waals surface area contributed by atoms with Crippen LogP contribution in [0.4, 0.5) is 4.39 Å². The molecule has 0 aliphatic carbocycles. The molecule has 2 N–H and O–H groups in total. The van der Waals surface area contributed by atoms with Crippen LogP contribution in [0, 0.1) is 5.82 Å². The molecule has 136 valence electrons. The van der Waals surface area contributed by atoms with Gasteiger partial charge in [0, 0.05) is 6.42 Å². The highest BCUT2D eigenvalue weighted by Gasteiger charge is 2.21. The maximum atomic E-state index is 12.9. The summed E-state index contributed by atoms with van der Waals surface area (Å²) in [4.78, 5) is 23.4. The predicted octanol–water partition coefficient (Wildman–Crippen LogP) is 1.95. The van der Waals surface area contributed by atoms with Gasteiger partial charge in [0.1, 0.15) is 17.3 Å². The van der Waals surface area contributed by atoms with Crippen molar-refractivity contribution in [1.82, 2.24) is 5.32 Å². The first-order chi connectivity index (χ1) is 12.5. The predicted molar refractivity (Wildman–Crippen MR) is 90.8 cm³/mol. The third-order valence-corrected chi connectivity index (χ3v) is 3.97. The van der Waals surface area contributed by atoms with Crippen molar-refractivity contribution in [3.63, 3.8) is 0 Å². The Bertz CT molecular complexity index is 806. The van der Waals surface area contributed by atoms with E-state index in [9.17, 15) is 19.1 Å². The van der Waals surface area contributed by atoms with Crippen LogP contribution in [-0.4, -0.2) is 36.2 Å². The maximum Gasteiger partial charge on any atom is 0.346 e. The minimum absolute atomic E-state index is 0.135. The van der Waals surface area contributed by atoms with Crippen LogP contribution in [0.1, 0.15) is 11.1 Å². The number of hydrogen-bond donors (Lipinski definition) is 2. The number of benzene rings is 2. The zero-order chi connectivity index (χ0) is 18.5. The van der Waals surface area contributed by atoms with Crippen molar-refractivity contribution < 1.29 is 28.6 Å². The quantitative estimate of drug-likeness (QED) is 0.789. The van der Waals surface area contributed by atoms with E-state index in [4.69, 9.17) is 9.47 Å². The molecule has 1 atom stereocenters. The van der Waals surface area contributed by atoms with Gasteiger partial charge in [-0.1, -0.05) is 12.1 Å². The minimum Gasteiger partial charge on any atom is -0.493 e. The summed E-state index contributed by atoms with van der Waals surface area (Å²) in [6, 6.07) is 10.6. The molecular weight excluding hydrogens is 341 g/mol. The lowest BCUT2D eigenvalue weighted by atomic mass is 10.1. The molecule has 1 unspecified atom stereocenters. The lowest BCUT2D eigenvalue weighted by Crippen LogP contribution is -2.40. The monoisotopic (exact) mass is 359 g/mol. The second kappa shape index (κ2) is 7.86. The van der Waals surface area contributed by atoms with E-state index in [-0.39, 0.29) is 24.6 Å². The SMILES string of the molecule is O=C(Cc1ccc2c(c1)CCO2)NCC(Oc1ccc(F)cc1)C(=O)O. The van der Waals surface area contributed by atoms with Crippen LogP contribution in [0.2, 0.25) is 0 Å². The highest BCUT2D eigenvalue weighted by Crippen LogP contribution is 2.25. The molecule has 0 aromatic heterocycles. The fraction of sp³-hybridized carbons (Fsp3) is 0.263. The van der Waals surface area contributed by atoms with E-state index in [0.717, 1.165) is 23.3 Å². The number of carboxylic acids is 1. The van der Waals surface area contributed by atoms with E-state index in [1.54, 1.807) is 0 Å². The molecule has 7 heteroatoms. The van der Waals surface area contributed by atoms with Gasteiger partial charge in [-0.25, -0.2) is 9.18 Å². The Hall–Kier alpha value is -3.09. The summed E-state index contributed by atoms with van der Waals surface area (Å²) in [5.74, 6) is -0.918. The van der Waals surface area contributed by atoms with Crippen molar-refractivity contribution in [2.75, 3.05) is 13.2 Å². The van der Waals surface area contributed by atoms with E-state index in [1.165, 1.54) is 24.3 Å². The largest absolute Gasteiger partial charge is 0.493 e. The van der Waals surface area contributed by atoms with E-state index >= 15 is 0 Å². The van der Waals surface area contributed by atoms with Gasteiger partial charge in [-0.05, 0) is 41.5 Å². The number of halogens is 1. The number of amides is 1. The van der Waals surface area contributed by atoms with Gasteiger partial charge in [0.15, 0.2) is 0 Å². The van der Waals surface area contributed by atoms with Crippen molar-refractivity contribution >= 4 is 11.9 Å². The van der Waals surface area contributed by atoms with Crippen LogP contribution in [0.25, 0.3) is 0 Å². The van der Waals surface area contributed by atoms with Gasteiger partial charge in [0.05, 0.1) is 19.6 Å². The summed E-state index contributed by atoms with van der Waals surface area (Å²) in [6.45, 7) is 0.450. The Morgan fingerprint density at radius 1 is 1.23 bits per heavy atom. The summed E-state index contributed by atoms with van der Waals surface area (Å²) in [5.41, 5.74) is 1.90. The lowest BCUT2D eigenvalue weighted by molar-refractivity contribution is -0.145. The molecule has 1 amide bonds. The molecule has 2 aromatic rings. The highest BCUT2D eigenvalue weighted by atomic mass is 19.1. The van der Waals surface area contributed by atoms with Gasteiger partial charge in [-0.3, -0.25) is 4.79 Å². The average molecular weight is 359 g/mol. The minimum atomic E-state index is -1.27. The molecule has 3 rings (SSSR count). The van der Waals surface area contributed by atoms with E-state index in [2.05, 4.69) is 5.32 Å². The number of nitrogens with one attached hydrogen (secondary N) is 1.